The van der Waals surface area contributed by atoms with Crippen LogP contribution in [0, 0.1) is 0 Å². The van der Waals surface area contributed by atoms with Crippen molar-refractivity contribution in [3.8, 4) is 5.75 Å². The fraction of sp³-hybridized carbons (Fsp3) is 0.176. The van der Waals surface area contributed by atoms with Crippen LogP contribution < -0.4 is 4.74 Å². The highest BCUT2D eigenvalue weighted by Crippen LogP contribution is 2.29. The molecule has 2 nitrogen and oxygen atoms in total. The topological polar surface area (TPSA) is 29.5 Å². The van der Waals surface area contributed by atoms with E-state index in [4.69, 9.17) is 4.74 Å². The maximum Gasteiger partial charge on any atom is 0.119 e. The second-order valence-corrected chi connectivity index (χ2v) is 7.45. The molecule has 1 atom stereocenters. The molecule has 2 aromatic carbocycles. The van der Waals surface area contributed by atoms with Gasteiger partial charge in [0.2, 0.25) is 0 Å². The number of halogens is 1. The first-order valence-electron chi connectivity index (χ1n) is 6.66. The normalized spacial score (nSPS) is 12.5. The molecule has 0 saturated heterocycles. The van der Waals surface area contributed by atoms with E-state index in [1.807, 2.05) is 48.5 Å². The van der Waals surface area contributed by atoms with Gasteiger partial charge in [0.25, 0.3) is 0 Å². The van der Waals surface area contributed by atoms with Gasteiger partial charge in [-0.2, -0.15) is 0 Å². The van der Waals surface area contributed by atoms with E-state index < -0.39 is 6.10 Å². The minimum Gasteiger partial charge on any atom is -0.497 e. The van der Waals surface area contributed by atoms with E-state index in [9.17, 15) is 5.11 Å². The lowest BCUT2D eigenvalue weighted by Gasteiger charge is -2.11. The molecule has 0 aliphatic rings. The highest BCUT2D eigenvalue weighted by atomic mass is 79.9. The van der Waals surface area contributed by atoms with Crippen molar-refractivity contribution in [1.29, 1.82) is 0 Å². The number of hydrogen-bond acceptors (Lipinski definition) is 3. The molecule has 1 aromatic heterocycles. The minimum atomic E-state index is -0.484. The first-order chi connectivity index (χ1) is 10.2. The Balaban J connectivity index is 1.86. The highest BCUT2D eigenvalue weighted by molar-refractivity contribution is 9.11. The summed E-state index contributed by atoms with van der Waals surface area (Å²) in [6, 6.07) is 16.1. The van der Waals surface area contributed by atoms with Gasteiger partial charge in [-0.3, -0.25) is 0 Å². The average Bonchev–Trinajstić information content (AvgIpc) is 2.91. The van der Waals surface area contributed by atoms with Crippen LogP contribution in [0.1, 0.15) is 16.5 Å². The number of hydrogen-bond donors (Lipinski definition) is 1. The van der Waals surface area contributed by atoms with Crippen LogP contribution in [0.2, 0.25) is 0 Å². The number of fused-ring (bicyclic) bond motifs is 1. The van der Waals surface area contributed by atoms with E-state index in [0.29, 0.717) is 6.42 Å². The van der Waals surface area contributed by atoms with E-state index in [0.717, 1.165) is 25.9 Å². The van der Waals surface area contributed by atoms with Crippen molar-refractivity contribution in [2.45, 2.75) is 12.5 Å². The Kier molecular flexibility index (Phi) is 4.29. The molecule has 0 aliphatic carbocycles. The smallest absolute Gasteiger partial charge is 0.119 e. The summed E-state index contributed by atoms with van der Waals surface area (Å²) in [5.74, 6) is 0.847. The summed E-state index contributed by atoms with van der Waals surface area (Å²) in [5.41, 5.74) is 0.942. The van der Waals surface area contributed by atoms with Crippen molar-refractivity contribution < 1.29 is 9.84 Å². The maximum absolute atomic E-state index is 10.4. The molecule has 1 unspecified atom stereocenters. The Labute approximate surface area is 136 Å². The molecule has 3 rings (SSSR count). The van der Waals surface area contributed by atoms with Gasteiger partial charge in [0.05, 0.1) is 17.0 Å². The predicted octanol–water partition coefficient (Wildman–Crippen LogP) is 4.95. The number of rotatable bonds is 4. The third-order valence-electron chi connectivity index (χ3n) is 3.48. The summed E-state index contributed by atoms with van der Waals surface area (Å²) in [4.78, 5) is 1.17. The van der Waals surface area contributed by atoms with Gasteiger partial charge in [-0.1, -0.05) is 18.2 Å². The Bertz CT molecular complexity index is 766. The number of benzene rings is 2. The molecule has 21 heavy (non-hydrogen) atoms. The van der Waals surface area contributed by atoms with Gasteiger partial charge in [0, 0.05) is 11.3 Å². The van der Waals surface area contributed by atoms with Crippen LogP contribution in [0.15, 0.2) is 52.3 Å². The molecule has 0 spiro atoms. The second kappa shape index (κ2) is 6.18. The Morgan fingerprint density at radius 3 is 2.57 bits per heavy atom. The molecule has 0 radical (unpaired) electrons. The molecule has 0 bridgehead atoms. The van der Waals surface area contributed by atoms with E-state index >= 15 is 0 Å². The van der Waals surface area contributed by atoms with Crippen LogP contribution >= 0.6 is 27.3 Å². The molecular weight excluding hydrogens is 348 g/mol. The Morgan fingerprint density at radius 2 is 1.86 bits per heavy atom. The molecule has 3 aromatic rings. The highest BCUT2D eigenvalue weighted by Gasteiger charge is 2.11. The molecule has 1 N–H and O–H groups in total. The molecule has 4 heteroatoms. The van der Waals surface area contributed by atoms with Crippen LogP contribution in [-0.4, -0.2) is 12.2 Å². The van der Waals surface area contributed by atoms with Crippen molar-refractivity contribution in [3.63, 3.8) is 0 Å². The molecule has 0 aliphatic heterocycles. The minimum absolute atomic E-state index is 0.484. The van der Waals surface area contributed by atoms with Crippen LogP contribution in [0.5, 0.6) is 5.75 Å². The monoisotopic (exact) mass is 362 g/mol. The van der Waals surface area contributed by atoms with Crippen LogP contribution in [-0.2, 0) is 6.42 Å². The quantitative estimate of drug-likeness (QED) is 0.711. The zero-order valence-corrected chi connectivity index (χ0v) is 13.9. The number of aliphatic hydroxyl groups excluding tert-OH is 1. The van der Waals surface area contributed by atoms with Crippen molar-refractivity contribution >= 4 is 38.0 Å². The van der Waals surface area contributed by atoms with Crippen molar-refractivity contribution in [2.24, 2.45) is 0 Å². The molecule has 108 valence electrons. The van der Waals surface area contributed by atoms with Gasteiger partial charge in [-0.15, -0.1) is 11.3 Å². The lowest BCUT2D eigenvalue weighted by Crippen LogP contribution is -2.00. The first kappa shape index (κ1) is 14.6. The molecular formula is C17H15BrO2S. The molecule has 0 amide bonds. The standard InChI is InChI=1S/C17H15BrO2S/c1-20-14-5-4-11-8-13(3-2-12(11)9-14)16(19)10-15-6-7-17(18)21-15/h2-9,16,19H,10H2,1H3. The second-order valence-electron chi connectivity index (χ2n) is 4.90. The third-order valence-corrected chi connectivity index (χ3v) is 5.13. The Hall–Kier alpha value is -1.36. The van der Waals surface area contributed by atoms with E-state index in [-0.39, 0.29) is 0 Å². The SMILES string of the molecule is COc1ccc2cc(C(O)Cc3ccc(Br)s3)ccc2c1. The van der Waals surface area contributed by atoms with Crippen LogP contribution in [0.4, 0.5) is 0 Å². The fourth-order valence-corrected chi connectivity index (χ4v) is 3.87. The van der Waals surface area contributed by atoms with Gasteiger partial charge < -0.3 is 9.84 Å². The largest absolute Gasteiger partial charge is 0.497 e. The third kappa shape index (κ3) is 3.28. The number of methoxy groups -OCH3 is 1. The number of ether oxygens (including phenoxy) is 1. The van der Waals surface area contributed by atoms with Gasteiger partial charge in [0.1, 0.15) is 5.75 Å². The summed E-state index contributed by atoms with van der Waals surface area (Å²) >= 11 is 5.11. The predicted molar refractivity (Wildman–Crippen MR) is 91.2 cm³/mol. The van der Waals surface area contributed by atoms with Crippen LogP contribution in [0.25, 0.3) is 10.8 Å². The van der Waals surface area contributed by atoms with Gasteiger partial charge >= 0.3 is 0 Å². The zero-order valence-electron chi connectivity index (χ0n) is 11.5. The van der Waals surface area contributed by atoms with Gasteiger partial charge in [-0.05, 0) is 62.6 Å². The molecule has 0 fully saturated rings. The van der Waals surface area contributed by atoms with Gasteiger partial charge in [0.15, 0.2) is 0 Å². The molecule has 1 heterocycles. The lowest BCUT2D eigenvalue weighted by molar-refractivity contribution is 0.179. The summed E-state index contributed by atoms with van der Waals surface area (Å²) in [7, 11) is 1.67. The van der Waals surface area contributed by atoms with E-state index in [2.05, 4.69) is 15.9 Å². The van der Waals surface area contributed by atoms with Gasteiger partial charge in [-0.25, -0.2) is 0 Å². The van der Waals surface area contributed by atoms with Crippen molar-refractivity contribution in [1.82, 2.24) is 0 Å². The first-order valence-corrected chi connectivity index (χ1v) is 8.26. The van der Waals surface area contributed by atoms with Crippen molar-refractivity contribution in [2.75, 3.05) is 7.11 Å². The average molecular weight is 363 g/mol. The Morgan fingerprint density at radius 1 is 1.10 bits per heavy atom. The molecule has 0 saturated carbocycles. The van der Waals surface area contributed by atoms with Crippen LogP contribution in [0.3, 0.4) is 0 Å². The lowest BCUT2D eigenvalue weighted by atomic mass is 10.0. The summed E-state index contributed by atoms with van der Waals surface area (Å²) in [5, 5.41) is 12.6. The summed E-state index contributed by atoms with van der Waals surface area (Å²) in [6.07, 6.45) is 0.153. The zero-order chi connectivity index (χ0) is 14.8. The fourth-order valence-electron chi connectivity index (χ4n) is 2.35. The van der Waals surface area contributed by atoms with Crippen molar-refractivity contribution in [3.05, 3.63) is 62.8 Å². The van der Waals surface area contributed by atoms with E-state index in [1.54, 1.807) is 18.4 Å². The van der Waals surface area contributed by atoms with E-state index in [1.165, 1.54) is 4.88 Å². The number of thiophene rings is 1. The number of aliphatic hydroxyl groups is 1. The summed E-state index contributed by atoms with van der Waals surface area (Å²) in [6.45, 7) is 0. The summed E-state index contributed by atoms with van der Waals surface area (Å²) < 4.78 is 6.32. The maximum atomic E-state index is 10.4.